The highest BCUT2D eigenvalue weighted by molar-refractivity contribution is 5.32. The molecule has 0 heterocycles. The molecule has 0 aromatic rings. The van der Waals surface area contributed by atoms with Gasteiger partial charge in [0.15, 0.2) is 0 Å². The molecular weight excluding hydrogens is 300 g/mol. The van der Waals surface area contributed by atoms with Crippen molar-refractivity contribution in [2.45, 2.75) is 99.3 Å². The molecule has 1 aliphatic carbocycles. The second-order valence-corrected chi connectivity index (χ2v) is 9.30. The molecule has 0 unspecified atom stereocenters. The topological polar surface area (TPSA) is 0 Å². The minimum atomic E-state index is 0.143. The molecule has 0 aromatic heterocycles. The van der Waals surface area contributed by atoms with Crippen molar-refractivity contribution in [1.29, 1.82) is 0 Å². The molecule has 0 heteroatoms. The molecule has 25 heavy (non-hydrogen) atoms. The lowest BCUT2D eigenvalue weighted by atomic mass is 9.97. The quantitative estimate of drug-likeness (QED) is 0.318. The monoisotopic (exact) mass is 338 g/mol. The Morgan fingerprint density at radius 3 is 1.80 bits per heavy atom. The molecule has 0 N–H and O–H groups in total. The fourth-order valence-corrected chi connectivity index (χ4v) is 2.75. The second kappa shape index (κ2) is 10.6. The van der Waals surface area contributed by atoms with E-state index in [-0.39, 0.29) is 10.8 Å². The van der Waals surface area contributed by atoms with Gasteiger partial charge in [0.05, 0.1) is 0 Å². The Balaban J connectivity index is 2.13. The summed E-state index contributed by atoms with van der Waals surface area (Å²) < 4.78 is 0. The van der Waals surface area contributed by atoms with E-state index in [0.29, 0.717) is 0 Å². The molecule has 0 amide bonds. The lowest BCUT2D eigenvalue weighted by molar-refractivity contribution is 0.569. The van der Waals surface area contributed by atoms with E-state index in [2.05, 4.69) is 77.4 Å². The average Bonchev–Trinajstić information content (AvgIpc) is 2.92. The summed E-state index contributed by atoms with van der Waals surface area (Å²) in [4.78, 5) is 0. The second-order valence-electron chi connectivity index (χ2n) is 9.30. The summed E-state index contributed by atoms with van der Waals surface area (Å²) in [5, 5.41) is 0. The summed E-state index contributed by atoms with van der Waals surface area (Å²) in [6.07, 6.45) is 15.6. The molecule has 0 saturated carbocycles. The van der Waals surface area contributed by atoms with Gasteiger partial charge in [-0.2, -0.15) is 0 Å². The fraction of sp³-hybridized carbons (Fsp3) is 0.680. The van der Waals surface area contributed by atoms with Crippen molar-refractivity contribution in [3.63, 3.8) is 0 Å². The first kappa shape index (κ1) is 21.6. The third-order valence-electron chi connectivity index (χ3n) is 4.01. The van der Waals surface area contributed by atoms with Gasteiger partial charge in [-0.1, -0.05) is 35.1 Å². The Labute approximate surface area is 157 Å². The van der Waals surface area contributed by atoms with Crippen LogP contribution < -0.4 is 0 Å². The van der Waals surface area contributed by atoms with Gasteiger partial charge in [0.2, 0.25) is 0 Å². The van der Waals surface area contributed by atoms with Crippen LogP contribution in [0.4, 0.5) is 0 Å². The summed E-state index contributed by atoms with van der Waals surface area (Å²) in [5.41, 5.74) is 3.45. The Hall–Kier alpha value is -1.40. The Bertz CT molecular complexity index is 576. The first-order chi connectivity index (χ1) is 11.7. The maximum Gasteiger partial charge on any atom is 0.0230 e. The maximum atomic E-state index is 3.32. The van der Waals surface area contributed by atoms with Crippen LogP contribution in [0, 0.1) is 34.5 Å². The number of allylic oxidation sites excluding steroid dienone is 4. The van der Waals surface area contributed by atoms with Crippen LogP contribution in [0.1, 0.15) is 99.3 Å². The first-order valence-corrected chi connectivity index (χ1v) is 10.0. The predicted molar refractivity (Wildman–Crippen MR) is 112 cm³/mol. The lowest BCUT2D eigenvalue weighted by Crippen LogP contribution is -1.99. The molecular formula is C25H38. The number of hydrogen-bond donors (Lipinski definition) is 0. The third-order valence-corrected chi connectivity index (χ3v) is 4.01. The van der Waals surface area contributed by atoms with Crippen molar-refractivity contribution in [1.82, 2.24) is 0 Å². The highest BCUT2D eigenvalue weighted by Crippen LogP contribution is 2.25. The van der Waals surface area contributed by atoms with Crippen LogP contribution in [0.2, 0.25) is 0 Å². The maximum absolute atomic E-state index is 3.32. The van der Waals surface area contributed by atoms with Gasteiger partial charge in [0, 0.05) is 23.7 Å². The van der Waals surface area contributed by atoms with Gasteiger partial charge < -0.3 is 0 Å². The third kappa shape index (κ3) is 12.6. The van der Waals surface area contributed by atoms with E-state index in [1.54, 1.807) is 11.1 Å². The van der Waals surface area contributed by atoms with Crippen LogP contribution in [-0.4, -0.2) is 0 Å². The SMILES string of the molecule is CC(C)(C)C#CCCCCC1=CCC(CCCCC#CC(C)(C)C)=C1. The highest BCUT2D eigenvalue weighted by Gasteiger charge is 2.07. The van der Waals surface area contributed by atoms with Gasteiger partial charge in [-0.05, 0) is 86.5 Å². The average molecular weight is 339 g/mol. The van der Waals surface area contributed by atoms with Crippen LogP contribution in [0.25, 0.3) is 0 Å². The first-order valence-electron chi connectivity index (χ1n) is 10.0. The molecule has 0 nitrogen and oxygen atoms in total. The molecule has 1 rings (SSSR count). The van der Waals surface area contributed by atoms with Crippen LogP contribution in [0.3, 0.4) is 0 Å². The van der Waals surface area contributed by atoms with Gasteiger partial charge in [0.25, 0.3) is 0 Å². The Kier molecular flexibility index (Phi) is 9.14. The van der Waals surface area contributed by atoms with Crippen LogP contribution in [0.15, 0.2) is 23.3 Å². The summed E-state index contributed by atoms with van der Waals surface area (Å²) in [7, 11) is 0. The van der Waals surface area contributed by atoms with E-state index >= 15 is 0 Å². The minimum absolute atomic E-state index is 0.143. The van der Waals surface area contributed by atoms with Gasteiger partial charge in [-0.15, -0.1) is 11.8 Å². The van der Waals surface area contributed by atoms with Crippen LogP contribution in [-0.2, 0) is 0 Å². The smallest absolute Gasteiger partial charge is 0.0230 e. The molecule has 0 aromatic carbocycles. The van der Waals surface area contributed by atoms with Gasteiger partial charge >= 0.3 is 0 Å². The molecule has 0 spiro atoms. The normalized spacial score (nSPS) is 14.2. The van der Waals surface area contributed by atoms with Crippen molar-refractivity contribution in [2.75, 3.05) is 0 Å². The van der Waals surface area contributed by atoms with E-state index in [0.717, 1.165) is 12.8 Å². The van der Waals surface area contributed by atoms with Crippen LogP contribution >= 0.6 is 0 Å². The number of hydrogen-bond acceptors (Lipinski definition) is 0. The summed E-state index contributed by atoms with van der Waals surface area (Å²) in [6.45, 7) is 13.0. The summed E-state index contributed by atoms with van der Waals surface area (Å²) >= 11 is 0. The summed E-state index contributed by atoms with van der Waals surface area (Å²) in [6, 6.07) is 0. The van der Waals surface area contributed by atoms with E-state index in [9.17, 15) is 0 Å². The zero-order valence-corrected chi connectivity index (χ0v) is 17.5. The molecule has 0 fully saturated rings. The zero-order valence-electron chi connectivity index (χ0n) is 17.5. The van der Waals surface area contributed by atoms with Crippen molar-refractivity contribution >= 4 is 0 Å². The van der Waals surface area contributed by atoms with Crippen molar-refractivity contribution in [2.24, 2.45) is 10.8 Å². The van der Waals surface area contributed by atoms with Crippen molar-refractivity contribution in [3.05, 3.63) is 23.3 Å². The van der Waals surface area contributed by atoms with Crippen molar-refractivity contribution in [3.8, 4) is 23.7 Å². The lowest BCUT2D eigenvalue weighted by Gasteiger charge is -2.06. The largest absolute Gasteiger partial charge is 0.103 e. The van der Waals surface area contributed by atoms with E-state index < -0.39 is 0 Å². The molecule has 1 aliphatic rings. The number of unbranched alkanes of at least 4 members (excludes halogenated alkanes) is 4. The molecule has 0 radical (unpaired) electrons. The predicted octanol–water partition coefficient (Wildman–Crippen LogP) is 7.46. The summed E-state index contributed by atoms with van der Waals surface area (Å²) in [5.74, 6) is 13.3. The van der Waals surface area contributed by atoms with E-state index in [4.69, 9.17) is 0 Å². The fourth-order valence-electron chi connectivity index (χ4n) is 2.75. The van der Waals surface area contributed by atoms with Gasteiger partial charge in [0.1, 0.15) is 0 Å². The molecule has 0 aliphatic heterocycles. The molecule has 138 valence electrons. The highest BCUT2D eigenvalue weighted by atomic mass is 14.1. The molecule has 0 atom stereocenters. The standard InChI is InChI=1S/C25H38/c1-24(2,3)19-13-9-7-11-15-22-17-18-23(21-22)16-12-8-10-14-20-25(4,5)6/h17,21H,7-12,15-16,18H2,1-6H3. The van der Waals surface area contributed by atoms with Gasteiger partial charge in [-0.25, -0.2) is 0 Å². The zero-order chi connectivity index (χ0) is 18.8. The minimum Gasteiger partial charge on any atom is -0.103 e. The van der Waals surface area contributed by atoms with E-state index in [1.165, 1.54) is 44.9 Å². The number of rotatable bonds is 8. The Morgan fingerprint density at radius 1 is 0.760 bits per heavy atom. The molecule has 0 saturated heterocycles. The van der Waals surface area contributed by atoms with Gasteiger partial charge in [-0.3, -0.25) is 0 Å². The van der Waals surface area contributed by atoms with E-state index in [1.807, 2.05) is 0 Å². The van der Waals surface area contributed by atoms with Crippen molar-refractivity contribution < 1.29 is 0 Å². The molecule has 0 bridgehead atoms. The Morgan fingerprint density at radius 2 is 1.28 bits per heavy atom. The van der Waals surface area contributed by atoms with Crippen LogP contribution in [0.5, 0.6) is 0 Å².